The maximum Gasteiger partial charge on any atom is 0.225 e. The molecule has 0 fully saturated rings. The topological polar surface area (TPSA) is 86.3 Å². The molecule has 5 heteroatoms. The number of anilines is 1. The SMILES string of the molecule is Cc1cc2c(cc1O)NC(=O)CC2c1ccc(-c2ccccc2C#N)o1. The zero-order valence-electron chi connectivity index (χ0n) is 14.1. The number of benzene rings is 2. The lowest BCUT2D eigenvalue weighted by Crippen LogP contribution is -2.23. The molecule has 0 saturated heterocycles. The number of phenolic OH excluding ortho intramolecular Hbond substituents is 1. The van der Waals surface area contributed by atoms with Crippen molar-refractivity contribution in [1.29, 1.82) is 5.26 Å². The van der Waals surface area contributed by atoms with Gasteiger partial charge >= 0.3 is 0 Å². The van der Waals surface area contributed by atoms with E-state index in [0.29, 0.717) is 22.8 Å². The summed E-state index contributed by atoms with van der Waals surface area (Å²) in [5, 5.41) is 22.0. The van der Waals surface area contributed by atoms with Crippen LogP contribution in [0.3, 0.4) is 0 Å². The fourth-order valence-electron chi connectivity index (χ4n) is 3.35. The minimum absolute atomic E-state index is 0.124. The molecule has 1 aliphatic heterocycles. The van der Waals surface area contributed by atoms with E-state index in [1.54, 1.807) is 12.1 Å². The van der Waals surface area contributed by atoms with Gasteiger partial charge in [0.05, 0.1) is 17.6 Å². The van der Waals surface area contributed by atoms with Crippen molar-refractivity contribution in [2.75, 3.05) is 5.32 Å². The minimum Gasteiger partial charge on any atom is -0.508 e. The first-order valence-corrected chi connectivity index (χ1v) is 8.29. The van der Waals surface area contributed by atoms with Gasteiger partial charge in [0.25, 0.3) is 0 Å². The zero-order chi connectivity index (χ0) is 18.3. The van der Waals surface area contributed by atoms with Gasteiger partial charge < -0.3 is 14.8 Å². The van der Waals surface area contributed by atoms with Crippen LogP contribution in [-0.2, 0) is 4.79 Å². The van der Waals surface area contributed by atoms with Crippen LogP contribution in [0.2, 0.25) is 0 Å². The number of furan rings is 1. The Bertz CT molecular complexity index is 1060. The number of nitriles is 1. The molecular weight excluding hydrogens is 328 g/mol. The van der Waals surface area contributed by atoms with Crippen molar-refractivity contribution < 1.29 is 14.3 Å². The Kier molecular flexibility index (Phi) is 3.74. The van der Waals surface area contributed by atoms with Crippen molar-refractivity contribution in [3.63, 3.8) is 0 Å². The molecule has 5 nitrogen and oxygen atoms in total. The summed E-state index contributed by atoms with van der Waals surface area (Å²) in [6.07, 6.45) is 0.268. The van der Waals surface area contributed by atoms with Crippen LogP contribution in [0.5, 0.6) is 5.75 Å². The second kappa shape index (κ2) is 6.08. The van der Waals surface area contributed by atoms with Crippen molar-refractivity contribution in [2.45, 2.75) is 19.3 Å². The molecule has 128 valence electrons. The van der Waals surface area contributed by atoms with E-state index in [2.05, 4.69) is 11.4 Å². The van der Waals surface area contributed by atoms with Gasteiger partial charge in [-0.25, -0.2) is 0 Å². The van der Waals surface area contributed by atoms with Gasteiger partial charge in [-0.15, -0.1) is 0 Å². The first-order valence-electron chi connectivity index (χ1n) is 8.29. The third kappa shape index (κ3) is 2.62. The van der Waals surface area contributed by atoms with Crippen LogP contribution in [0.1, 0.15) is 34.8 Å². The first kappa shape index (κ1) is 16.0. The summed E-state index contributed by atoms with van der Waals surface area (Å²) in [7, 11) is 0. The number of hydrogen-bond acceptors (Lipinski definition) is 4. The Labute approximate surface area is 150 Å². The lowest BCUT2D eigenvalue weighted by Gasteiger charge is -2.25. The summed E-state index contributed by atoms with van der Waals surface area (Å²) >= 11 is 0. The Hall–Kier alpha value is -3.52. The Morgan fingerprint density at radius 2 is 2.04 bits per heavy atom. The molecule has 2 aromatic carbocycles. The van der Waals surface area contributed by atoms with Crippen LogP contribution in [0, 0.1) is 18.3 Å². The van der Waals surface area contributed by atoms with Crippen LogP contribution in [0.15, 0.2) is 52.9 Å². The smallest absolute Gasteiger partial charge is 0.225 e. The lowest BCUT2D eigenvalue weighted by molar-refractivity contribution is -0.116. The van der Waals surface area contributed by atoms with Crippen LogP contribution in [0.4, 0.5) is 5.69 Å². The molecule has 26 heavy (non-hydrogen) atoms. The number of carbonyl (C=O) groups excluding carboxylic acids is 1. The summed E-state index contributed by atoms with van der Waals surface area (Å²) in [6.45, 7) is 1.82. The van der Waals surface area contributed by atoms with E-state index in [-0.39, 0.29) is 24.0 Å². The van der Waals surface area contributed by atoms with E-state index in [9.17, 15) is 15.2 Å². The maximum absolute atomic E-state index is 12.1. The molecule has 0 radical (unpaired) electrons. The summed E-state index contributed by atoms with van der Waals surface area (Å²) in [6, 6.07) is 16.5. The molecule has 0 bridgehead atoms. The average Bonchev–Trinajstić information content (AvgIpc) is 3.12. The standard InChI is InChI=1S/C21H16N2O3/c1-12-8-15-16(9-21(25)23-17(15)10-18(12)24)20-7-6-19(26-20)14-5-3-2-4-13(14)11-22/h2-8,10,16,24H,9H2,1H3,(H,23,25). The van der Waals surface area contributed by atoms with Crippen LogP contribution >= 0.6 is 0 Å². The zero-order valence-corrected chi connectivity index (χ0v) is 14.1. The maximum atomic E-state index is 12.1. The first-order chi connectivity index (χ1) is 12.6. The molecule has 4 rings (SSSR count). The largest absolute Gasteiger partial charge is 0.508 e. The molecule has 2 N–H and O–H groups in total. The average molecular weight is 344 g/mol. The quantitative estimate of drug-likeness (QED) is 0.725. The third-order valence-electron chi connectivity index (χ3n) is 4.69. The van der Waals surface area contributed by atoms with Gasteiger partial charge in [0.1, 0.15) is 17.3 Å². The van der Waals surface area contributed by atoms with Gasteiger partial charge in [-0.1, -0.05) is 12.1 Å². The highest BCUT2D eigenvalue weighted by atomic mass is 16.3. The van der Waals surface area contributed by atoms with Crippen LogP contribution < -0.4 is 5.32 Å². The predicted molar refractivity (Wildman–Crippen MR) is 96.8 cm³/mol. The second-order valence-corrected chi connectivity index (χ2v) is 6.39. The number of nitrogens with one attached hydrogen (secondary N) is 1. The summed E-state index contributed by atoms with van der Waals surface area (Å²) in [4.78, 5) is 12.1. The summed E-state index contributed by atoms with van der Waals surface area (Å²) < 4.78 is 6.03. The van der Waals surface area contributed by atoms with E-state index < -0.39 is 0 Å². The lowest BCUT2D eigenvalue weighted by atomic mass is 9.87. The fourth-order valence-corrected chi connectivity index (χ4v) is 3.35. The number of carbonyl (C=O) groups is 1. The number of amides is 1. The van der Waals surface area contributed by atoms with Crippen LogP contribution in [-0.4, -0.2) is 11.0 Å². The van der Waals surface area contributed by atoms with Gasteiger partial charge in [-0.05, 0) is 48.4 Å². The van der Waals surface area contributed by atoms with Gasteiger partial charge in [-0.2, -0.15) is 5.26 Å². The molecular formula is C21H16N2O3. The fraction of sp³-hybridized carbons (Fsp3) is 0.143. The molecule has 1 amide bonds. The van der Waals surface area contributed by atoms with E-state index in [1.165, 1.54) is 0 Å². The van der Waals surface area contributed by atoms with Crippen molar-refractivity contribution in [3.05, 3.63) is 71.0 Å². The Morgan fingerprint density at radius 1 is 1.23 bits per heavy atom. The van der Waals surface area contributed by atoms with Crippen molar-refractivity contribution in [3.8, 4) is 23.1 Å². The monoisotopic (exact) mass is 344 g/mol. The molecule has 0 aliphatic carbocycles. The number of hydrogen-bond donors (Lipinski definition) is 2. The number of rotatable bonds is 2. The molecule has 0 saturated carbocycles. The molecule has 1 aromatic heterocycles. The summed E-state index contributed by atoms with van der Waals surface area (Å²) in [5.41, 5.74) is 3.52. The van der Waals surface area contributed by atoms with Gasteiger partial charge in [0.2, 0.25) is 5.91 Å². The number of phenols is 1. The molecule has 3 aromatic rings. The highest BCUT2D eigenvalue weighted by Crippen LogP contribution is 2.41. The van der Waals surface area contributed by atoms with Crippen molar-refractivity contribution in [1.82, 2.24) is 0 Å². The number of aromatic hydroxyl groups is 1. The van der Waals surface area contributed by atoms with E-state index in [0.717, 1.165) is 16.7 Å². The Balaban J connectivity index is 1.79. The second-order valence-electron chi connectivity index (χ2n) is 6.39. The highest BCUT2D eigenvalue weighted by molar-refractivity contribution is 5.95. The van der Waals surface area contributed by atoms with Gasteiger partial charge in [0, 0.05) is 23.7 Å². The summed E-state index contributed by atoms with van der Waals surface area (Å²) in [5.74, 6) is 1.05. The van der Waals surface area contributed by atoms with Gasteiger partial charge in [-0.3, -0.25) is 4.79 Å². The number of fused-ring (bicyclic) bond motifs is 1. The molecule has 1 atom stereocenters. The normalized spacial score (nSPS) is 15.8. The van der Waals surface area contributed by atoms with E-state index >= 15 is 0 Å². The third-order valence-corrected chi connectivity index (χ3v) is 4.69. The molecule has 1 unspecified atom stereocenters. The highest BCUT2D eigenvalue weighted by Gasteiger charge is 2.30. The number of nitrogens with zero attached hydrogens (tertiary/aromatic N) is 1. The molecule has 2 heterocycles. The van der Waals surface area contributed by atoms with Crippen molar-refractivity contribution in [2.24, 2.45) is 0 Å². The van der Waals surface area contributed by atoms with E-state index in [4.69, 9.17) is 4.42 Å². The van der Waals surface area contributed by atoms with Crippen molar-refractivity contribution >= 4 is 11.6 Å². The molecule has 1 aliphatic rings. The predicted octanol–water partition coefficient (Wildman–Crippen LogP) is 4.31. The minimum atomic E-state index is -0.235. The molecule has 0 spiro atoms. The number of aryl methyl sites for hydroxylation is 1. The Morgan fingerprint density at radius 3 is 2.85 bits per heavy atom. The van der Waals surface area contributed by atoms with E-state index in [1.807, 2.05) is 43.3 Å². The van der Waals surface area contributed by atoms with Crippen LogP contribution in [0.25, 0.3) is 11.3 Å². The van der Waals surface area contributed by atoms with Gasteiger partial charge in [0.15, 0.2) is 0 Å².